The van der Waals surface area contributed by atoms with Crippen LogP contribution in [0.5, 0.6) is 0 Å². The van der Waals surface area contributed by atoms with E-state index in [4.69, 9.17) is 0 Å². The van der Waals surface area contributed by atoms with Gasteiger partial charge in [0.25, 0.3) is 5.56 Å². The van der Waals surface area contributed by atoms with E-state index >= 15 is 0 Å². The van der Waals surface area contributed by atoms with Gasteiger partial charge in [0.1, 0.15) is 0 Å². The smallest absolute Gasteiger partial charge is 0.317 e. The fourth-order valence-electron chi connectivity index (χ4n) is 2.94. The standard InChI is InChI=1S/C16H24N4O3/c1-10-7-11(2)18-15(22)14(10)8-17-16(23)20-6-4-5-13(9-20)19-12(3)21/h7,13H,4-6,8-9H2,1-3H3,(H,17,23)(H,18,22)(H,19,21)/t13-/m0/s1. The first-order chi connectivity index (χ1) is 10.9. The summed E-state index contributed by atoms with van der Waals surface area (Å²) in [6.45, 7) is 6.51. The molecule has 7 heteroatoms. The summed E-state index contributed by atoms with van der Waals surface area (Å²) < 4.78 is 0. The molecule has 1 aliphatic rings. The SMILES string of the molecule is CC(=O)N[C@H]1CCCN(C(=O)NCc2c(C)cc(C)[nH]c2=O)C1. The molecule has 1 atom stereocenters. The van der Waals surface area contributed by atoms with Gasteiger partial charge in [0, 0.05) is 37.3 Å². The number of hydrogen-bond acceptors (Lipinski definition) is 3. The van der Waals surface area contributed by atoms with Crippen LogP contribution in [-0.2, 0) is 11.3 Å². The lowest BCUT2D eigenvalue weighted by Crippen LogP contribution is -2.52. The molecule has 0 unspecified atom stereocenters. The van der Waals surface area contributed by atoms with Crippen molar-refractivity contribution in [2.24, 2.45) is 0 Å². The van der Waals surface area contributed by atoms with E-state index in [1.54, 1.807) is 4.90 Å². The number of likely N-dealkylation sites (tertiary alicyclic amines) is 1. The van der Waals surface area contributed by atoms with Gasteiger partial charge in [0.15, 0.2) is 0 Å². The van der Waals surface area contributed by atoms with E-state index in [-0.39, 0.29) is 30.1 Å². The van der Waals surface area contributed by atoms with Crippen molar-refractivity contribution in [2.75, 3.05) is 13.1 Å². The van der Waals surface area contributed by atoms with Gasteiger partial charge < -0.3 is 20.5 Å². The molecule has 23 heavy (non-hydrogen) atoms. The molecule has 1 fully saturated rings. The fourth-order valence-corrected chi connectivity index (χ4v) is 2.94. The highest BCUT2D eigenvalue weighted by Crippen LogP contribution is 2.10. The molecule has 0 spiro atoms. The molecular weight excluding hydrogens is 296 g/mol. The normalized spacial score (nSPS) is 17.7. The molecular formula is C16H24N4O3. The summed E-state index contributed by atoms with van der Waals surface area (Å²) in [6.07, 6.45) is 1.72. The Hall–Kier alpha value is -2.31. The fraction of sp³-hybridized carbons (Fsp3) is 0.562. The Morgan fingerprint density at radius 2 is 2.13 bits per heavy atom. The zero-order chi connectivity index (χ0) is 17.0. The van der Waals surface area contributed by atoms with E-state index in [1.165, 1.54) is 6.92 Å². The topological polar surface area (TPSA) is 94.3 Å². The average Bonchev–Trinajstić information content (AvgIpc) is 2.45. The summed E-state index contributed by atoms with van der Waals surface area (Å²) in [5.41, 5.74) is 2.06. The number of nitrogens with zero attached hydrogens (tertiary/aromatic N) is 1. The van der Waals surface area contributed by atoms with Gasteiger partial charge in [-0.15, -0.1) is 0 Å². The van der Waals surface area contributed by atoms with E-state index in [0.29, 0.717) is 18.7 Å². The first kappa shape index (κ1) is 17.1. The Balaban J connectivity index is 1.94. The molecule has 1 saturated heterocycles. The predicted octanol–water partition coefficient (Wildman–Crippen LogP) is 0.802. The maximum atomic E-state index is 12.3. The van der Waals surface area contributed by atoms with Crippen LogP contribution in [0.15, 0.2) is 10.9 Å². The van der Waals surface area contributed by atoms with Crippen molar-refractivity contribution in [3.05, 3.63) is 33.2 Å². The monoisotopic (exact) mass is 320 g/mol. The molecule has 7 nitrogen and oxygen atoms in total. The minimum Gasteiger partial charge on any atom is -0.352 e. The van der Waals surface area contributed by atoms with Crippen molar-refractivity contribution in [3.8, 4) is 0 Å². The third-order valence-electron chi connectivity index (χ3n) is 4.03. The van der Waals surface area contributed by atoms with Crippen LogP contribution in [0.3, 0.4) is 0 Å². The van der Waals surface area contributed by atoms with E-state index in [2.05, 4.69) is 15.6 Å². The first-order valence-corrected chi connectivity index (χ1v) is 7.86. The van der Waals surface area contributed by atoms with Crippen LogP contribution in [0, 0.1) is 13.8 Å². The Kier molecular flexibility index (Phi) is 5.41. The van der Waals surface area contributed by atoms with Crippen molar-refractivity contribution in [1.29, 1.82) is 0 Å². The van der Waals surface area contributed by atoms with Crippen LogP contribution in [-0.4, -0.2) is 41.0 Å². The highest BCUT2D eigenvalue weighted by Gasteiger charge is 2.24. The molecule has 1 aromatic rings. The van der Waals surface area contributed by atoms with E-state index < -0.39 is 0 Å². The minimum absolute atomic E-state index is 0.00323. The number of H-pyrrole nitrogens is 1. The largest absolute Gasteiger partial charge is 0.352 e. The molecule has 0 saturated carbocycles. The summed E-state index contributed by atoms with van der Waals surface area (Å²) in [4.78, 5) is 39.8. The lowest BCUT2D eigenvalue weighted by molar-refractivity contribution is -0.119. The molecule has 3 amide bonds. The number of aromatic nitrogens is 1. The van der Waals surface area contributed by atoms with Gasteiger partial charge in [-0.2, -0.15) is 0 Å². The molecule has 0 radical (unpaired) electrons. The second kappa shape index (κ2) is 7.30. The molecule has 0 bridgehead atoms. The lowest BCUT2D eigenvalue weighted by atomic mass is 10.1. The summed E-state index contributed by atoms with van der Waals surface area (Å²) >= 11 is 0. The van der Waals surface area contributed by atoms with Gasteiger partial charge in [-0.25, -0.2) is 4.79 Å². The molecule has 0 aliphatic carbocycles. The van der Waals surface area contributed by atoms with Crippen molar-refractivity contribution in [3.63, 3.8) is 0 Å². The first-order valence-electron chi connectivity index (χ1n) is 7.86. The number of rotatable bonds is 3. The maximum absolute atomic E-state index is 12.3. The van der Waals surface area contributed by atoms with Crippen molar-refractivity contribution in [2.45, 2.75) is 46.2 Å². The van der Waals surface area contributed by atoms with Gasteiger partial charge in [0.2, 0.25) is 5.91 Å². The number of carbonyl (C=O) groups is 2. The van der Waals surface area contributed by atoms with E-state index in [1.807, 2.05) is 19.9 Å². The van der Waals surface area contributed by atoms with Crippen LogP contribution in [0.2, 0.25) is 0 Å². The lowest BCUT2D eigenvalue weighted by Gasteiger charge is -2.33. The second-order valence-corrected chi connectivity index (χ2v) is 6.09. The Labute approximate surface area is 135 Å². The number of aryl methyl sites for hydroxylation is 2. The van der Waals surface area contributed by atoms with Crippen LogP contribution in [0.1, 0.15) is 36.6 Å². The molecule has 1 aromatic heterocycles. The maximum Gasteiger partial charge on any atom is 0.317 e. The average molecular weight is 320 g/mol. The molecule has 2 heterocycles. The van der Waals surface area contributed by atoms with Crippen LogP contribution < -0.4 is 16.2 Å². The van der Waals surface area contributed by atoms with Crippen LogP contribution in [0.25, 0.3) is 0 Å². The number of amides is 3. The Morgan fingerprint density at radius 1 is 1.39 bits per heavy atom. The van der Waals surface area contributed by atoms with Gasteiger partial charge in [-0.1, -0.05) is 0 Å². The zero-order valence-electron chi connectivity index (χ0n) is 13.9. The van der Waals surface area contributed by atoms with Crippen LogP contribution >= 0.6 is 0 Å². The third kappa shape index (κ3) is 4.58. The van der Waals surface area contributed by atoms with Crippen molar-refractivity contribution < 1.29 is 9.59 Å². The van der Waals surface area contributed by atoms with Crippen LogP contribution in [0.4, 0.5) is 4.79 Å². The van der Waals surface area contributed by atoms with Crippen molar-refractivity contribution in [1.82, 2.24) is 20.5 Å². The number of pyridine rings is 1. The number of nitrogens with one attached hydrogen (secondary N) is 3. The van der Waals surface area contributed by atoms with Gasteiger partial charge in [0.05, 0.1) is 6.54 Å². The molecule has 0 aromatic carbocycles. The molecule has 2 rings (SSSR count). The molecule has 1 aliphatic heterocycles. The van der Waals surface area contributed by atoms with Crippen molar-refractivity contribution >= 4 is 11.9 Å². The Morgan fingerprint density at radius 3 is 2.78 bits per heavy atom. The number of hydrogen-bond donors (Lipinski definition) is 3. The number of piperidine rings is 1. The second-order valence-electron chi connectivity index (χ2n) is 6.09. The number of aromatic amines is 1. The quantitative estimate of drug-likeness (QED) is 0.769. The van der Waals surface area contributed by atoms with E-state index in [0.717, 1.165) is 24.1 Å². The van der Waals surface area contributed by atoms with Gasteiger partial charge in [-0.05, 0) is 38.3 Å². The minimum atomic E-state index is -0.209. The third-order valence-corrected chi connectivity index (χ3v) is 4.03. The summed E-state index contributed by atoms with van der Waals surface area (Å²) in [5, 5.41) is 5.65. The number of carbonyl (C=O) groups excluding carboxylic acids is 2. The molecule has 3 N–H and O–H groups in total. The van der Waals surface area contributed by atoms with E-state index in [9.17, 15) is 14.4 Å². The highest BCUT2D eigenvalue weighted by atomic mass is 16.2. The molecule has 126 valence electrons. The Bertz CT molecular complexity index is 653. The highest BCUT2D eigenvalue weighted by molar-refractivity contribution is 5.75. The number of urea groups is 1. The zero-order valence-corrected chi connectivity index (χ0v) is 13.9. The summed E-state index contributed by atoms with van der Waals surface area (Å²) in [5.74, 6) is -0.0842. The predicted molar refractivity (Wildman–Crippen MR) is 87.2 cm³/mol. The van der Waals surface area contributed by atoms with Gasteiger partial charge >= 0.3 is 6.03 Å². The summed E-state index contributed by atoms with van der Waals surface area (Å²) in [6, 6.07) is 1.67. The van der Waals surface area contributed by atoms with Gasteiger partial charge in [-0.3, -0.25) is 9.59 Å². The summed E-state index contributed by atoms with van der Waals surface area (Å²) in [7, 11) is 0.